The predicted octanol–water partition coefficient (Wildman–Crippen LogP) is 2.57. The first-order chi connectivity index (χ1) is 10.8. The maximum atomic E-state index is 11.8. The Balaban J connectivity index is 1.81. The van der Waals surface area contributed by atoms with Gasteiger partial charge in [0.25, 0.3) is 0 Å². The van der Waals surface area contributed by atoms with Gasteiger partial charge in [0.05, 0.1) is 29.1 Å². The fourth-order valence-corrected chi connectivity index (χ4v) is 3.71. The zero-order valence-corrected chi connectivity index (χ0v) is 12.4. The number of H-pyrrole nitrogens is 2. The van der Waals surface area contributed by atoms with Gasteiger partial charge < -0.3 is 5.32 Å². The van der Waals surface area contributed by atoms with Crippen molar-refractivity contribution >= 4 is 23.5 Å². The van der Waals surface area contributed by atoms with Crippen LogP contribution in [0.5, 0.6) is 0 Å². The quantitative estimate of drug-likeness (QED) is 0.679. The summed E-state index contributed by atoms with van der Waals surface area (Å²) in [5.41, 5.74) is 4.06. The highest BCUT2D eigenvalue weighted by atomic mass is 32.2. The molecule has 0 unspecified atom stereocenters. The van der Waals surface area contributed by atoms with E-state index < -0.39 is 0 Å². The van der Waals surface area contributed by atoms with Gasteiger partial charge in [0.15, 0.2) is 0 Å². The van der Waals surface area contributed by atoms with Crippen molar-refractivity contribution in [3.63, 3.8) is 0 Å². The number of aromatic nitrogens is 4. The minimum Gasteiger partial charge on any atom is -0.310 e. The second-order valence-electron chi connectivity index (χ2n) is 5.01. The molecule has 1 aliphatic rings. The number of rotatable bonds is 2. The molecule has 2 aromatic heterocycles. The highest BCUT2D eigenvalue weighted by molar-refractivity contribution is 8.00. The highest BCUT2D eigenvalue weighted by Gasteiger charge is 2.28. The van der Waals surface area contributed by atoms with E-state index in [4.69, 9.17) is 0 Å². The Labute approximate surface area is 130 Å². The zero-order chi connectivity index (χ0) is 14.9. The number of hydrogen-bond donors (Lipinski definition) is 3. The molecule has 0 fully saturated rings. The van der Waals surface area contributed by atoms with Crippen LogP contribution in [0, 0.1) is 0 Å². The van der Waals surface area contributed by atoms with Crippen LogP contribution < -0.4 is 5.32 Å². The summed E-state index contributed by atoms with van der Waals surface area (Å²) in [6, 6.07) is 10.1. The number of hydrogen-bond acceptors (Lipinski definition) is 4. The maximum absolute atomic E-state index is 11.8. The van der Waals surface area contributed by atoms with Gasteiger partial charge in [-0.1, -0.05) is 30.3 Å². The Kier molecular flexibility index (Phi) is 3.19. The van der Waals surface area contributed by atoms with Crippen molar-refractivity contribution < 1.29 is 4.79 Å². The first-order valence-corrected chi connectivity index (χ1v) is 7.91. The molecule has 22 heavy (non-hydrogen) atoms. The van der Waals surface area contributed by atoms with Crippen molar-refractivity contribution in [1.29, 1.82) is 0 Å². The molecule has 1 amide bonds. The lowest BCUT2D eigenvalue weighted by molar-refractivity contribution is -0.113. The topological polar surface area (TPSA) is 86.5 Å². The molecular weight excluding hydrogens is 298 g/mol. The number of nitrogens with one attached hydrogen (secondary N) is 3. The van der Waals surface area contributed by atoms with E-state index in [0.29, 0.717) is 11.6 Å². The lowest BCUT2D eigenvalue weighted by atomic mass is 10.0. The molecule has 0 spiro atoms. The molecule has 1 aromatic carbocycles. The average molecular weight is 311 g/mol. The van der Waals surface area contributed by atoms with Crippen LogP contribution >= 0.6 is 11.8 Å². The molecular formula is C15H13N5OS. The number of thioether (sulfide) groups is 1. The third-order valence-electron chi connectivity index (χ3n) is 3.61. The van der Waals surface area contributed by atoms with Gasteiger partial charge in [-0.05, 0) is 5.56 Å². The van der Waals surface area contributed by atoms with Crippen LogP contribution in [-0.4, -0.2) is 32.1 Å². The number of amides is 1. The minimum atomic E-state index is -0.0252. The molecule has 3 aromatic rings. The fraction of sp³-hybridized carbons (Fsp3) is 0.133. The molecule has 3 heterocycles. The van der Waals surface area contributed by atoms with Crippen molar-refractivity contribution in [3.05, 3.63) is 53.9 Å². The summed E-state index contributed by atoms with van der Waals surface area (Å²) >= 11 is 1.57. The standard InChI is InChI=1S/C15H13N5OS/c21-12-8-22-14(11-7-17-20-15(11)18-12)10-6-16-19-13(10)9-4-2-1-3-5-9/h1-7,14H,8H2,(H,16,19)(H2,17,18,20,21)/t14-/m0/s1. The second kappa shape index (κ2) is 5.34. The molecule has 3 N–H and O–H groups in total. The summed E-state index contributed by atoms with van der Waals surface area (Å²) in [7, 11) is 0. The van der Waals surface area contributed by atoms with Crippen LogP contribution in [-0.2, 0) is 4.79 Å². The van der Waals surface area contributed by atoms with E-state index in [1.807, 2.05) is 36.5 Å². The van der Waals surface area contributed by atoms with Gasteiger partial charge in [0.2, 0.25) is 5.91 Å². The van der Waals surface area contributed by atoms with Crippen LogP contribution in [0.25, 0.3) is 11.3 Å². The van der Waals surface area contributed by atoms with Gasteiger partial charge in [0.1, 0.15) is 5.82 Å². The largest absolute Gasteiger partial charge is 0.310 e. The van der Waals surface area contributed by atoms with Crippen LogP contribution in [0.1, 0.15) is 16.4 Å². The van der Waals surface area contributed by atoms with E-state index in [2.05, 4.69) is 25.7 Å². The fourth-order valence-electron chi connectivity index (χ4n) is 2.61. The van der Waals surface area contributed by atoms with Crippen molar-refractivity contribution in [1.82, 2.24) is 20.4 Å². The zero-order valence-electron chi connectivity index (χ0n) is 11.5. The molecule has 0 saturated heterocycles. The van der Waals surface area contributed by atoms with E-state index in [0.717, 1.165) is 22.4 Å². The van der Waals surface area contributed by atoms with E-state index in [1.54, 1.807) is 18.0 Å². The molecule has 1 aliphatic heterocycles. The van der Waals surface area contributed by atoms with E-state index in [-0.39, 0.29) is 11.2 Å². The second-order valence-corrected chi connectivity index (χ2v) is 6.10. The maximum Gasteiger partial charge on any atom is 0.235 e. The van der Waals surface area contributed by atoms with Gasteiger partial charge in [-0.25, -0.2) is 0 Å². The van der Waals surface area contributed by atoms with Crippen molar-refractivity contribution in [3.8, 4) is 11.3 Å². The molecule has 0 radical (unpaired) electrons. The SMILES string of the molecule is O=C1CS[C@@H](c2cn[nH]c2-c2ccccc2)c2cn[nH]c2N1. The highest BCUT2D eigenvalue weighted by Crippen LogP contribution is 2.43. The van der Waals surface area contributed by atoms with E-state index in [9.17, 15) is 4.79 Å². The number of fused-ring (bicyclic) bond motifs is 1. The van der Waals surface area contributed by atoms with Crippen LogP contribution in [0.15, 0.2) is 42.7 Å². The molecule has 110 valence electrons. The van der Waals surface area contributed by atoms with Gasteiger partial charge in [-0.15, -0.1) is 11.8 Å². The first kappa shape index (κ1) is 13.1. The number of carbonyl (C=O) groups is 1. The predicted molar refractivity (Wildman–Crippen MR) is 85.5 cm³/mol. The van der Waals surface area contributed by atoms with Crippen LogP contribution in [0.3, 0.4) is 0 Å². The Morgan fingerprint density at radius 2 is 1.82 bits per heavy atom. The lowest BCUT2D eigenvalue weighted by Crippen LogP contribution is -2.12. The number of aromatic amines is 2. The Hall–Kier alpha value is -2.54. The van der Waals surface area contributed by atoms with Crippen molar-refractivity contribution in [2.24, 2.45) is 0 Å². The van der Waals surface area contributed by atoms with Gasteiger partial charge in [-0.2, -0.15) is 10.2 Å². The van der Waals surface area contributed by atoms with Crippen molar-refractivity contribution in [2.75, 3.05) is 11.1 Å². The molecule has 7 heteroatoms. The van der Waals surface area contributed by atoms with E-state index >= 15 is 0 Å². The Bertz CT molecular complexity index is 810. The number of carbonyl (C=O) groups excluding carboxylic acids is 1. The molecule has 4 rings (SSSR count). The summed E-state index contributed by atoms with van der Waals surface area (Å²) in [5, 5.41) is 17.0. The van der Waals surface area contributed by atoms with Crippen molar-refractivity contribution in [2.45, 2.75) is 5.25 Å². The summed E-state index contributed by atoms with van der Waals surface area (Å²) in [6.07, 6.45) is 3.59. The van der Waals surface area contributed by atoms with Crippen LogP contribution in [0.4, 0.5) is 5.82 Å². The van der Waals surface area contributed by atoms with Gasteiger partial charge >= 0.3 is 0 Å². The Morgan fingerprint density at radius 3 is 2.68 bits per heavy atom. The van der Waals surface area contributed by atoms with Gasteiger partial charge in [-0.3, -0.25) is 15.0 Å². The number of nitrogens with zero attached hydrogens (tertiary/aromatic N) is 2. The van der Waals surface area contributed by atoms with Crippen LogP contribution in [0.2, 0.25) is 0 Å². The molecule has 0 aliphatic carbocycles. The molecule has 1 atom stereocenters. The average Bonchev–Trinajstić information content (AvgIpc) is 3.16. The summed E-state index contributed by atoms with van der Waals surface area (Å²) in [6.45, 7) is 0. The monoisotopic (exact) mass is 311 g/mol. The summed E-state index contributed by atoms with van der Waals surface area (Å²) in [5.74, 6) is 1.04. The van der Waals surface area contributed by atoms with Gasteiger partial charge in [0, 0.05) is 11.1 Å². The molecule has 0 bridgehead atoms. The molecule has 6 nitrogen and oxygen atoms in total. The van der Waals surface area contributed by atoms with E-state index in [1.165, 1.54) is 0 Å². The summed E-state index contributed by atoms with van der Waals surface area (Å²) in [4.78, 5) is 11.8. The molecule has 0 saturated carbocycles. The lowest BCUT2D eigenvalue weighted by Gasteiger charge is -2.13. The summed E-state index contributed by atoms with van der Waals surface area (Å²) < 4.78 is 0. The Morgan fingerprint density at radius 1 is 1.05 bits per heavy atom. The first-order valence-electron chi connectivity index (χ1n) is 6.86. The minimum absolute atomic E-state index is 0.00153. The third kappa shape index (κ3) is 2.19. The number of benzene rings is 1. The number of anilines is 1. The normalized spacial score (nSPS) is 17.6. The smallest absolute Gasteiger partial charge is 0.235 e. The third-order valence-corrected chi connectivity index (χ3v) is 4.88.